The lowest BCUT2D eigenvalue weighted by molar-refractivity contribution is -0.127. The van der Waals surface area contributed by atoms with Gasteiger partial charge < -0.3 is 21.1 Å². The maximum Gasteiger partial charge on any atom is 0.256 e. The molecule has 2 rings (SSSR count). The maximum absolute atomic E-state index is 12.5. The molecule has 6 nitrogen and oxygen atoms in total. The lowest BCUT2D eigenvalue weighted by Crippen LogP contribution is -2.54. The molecule has 2 amide bonds. The van der Waals surface area contributed by atoms with E-state index in [0.29, 0.717) is 24.4 Å². The SMILES string of the molecule is Cc1ccc(N)c(C(=O)N2CCOCC2C(N)=O)c1. The Labute approximate surface area is 111 Å². The molecule has 1 saturated heterocycles. The molecule has 4 N–H and O–H groups in total. The Kier molecular flexibility index (Phi) is 3.71. The van der Waals surface area contributed by atoms with Crippen molar-refractivity contribution in [2.45, 2.75) is 13.0 Å². The molecule has 1 heterocycles. The number of amides is 2. The van der Waals surface area contributed by atoms with Gasteiger partial charge in [-0.3, -0.25) is 9.59 Å². The van der Waals surface area contributed by atoms with Gasteiger partial charge >= 0.3 is 0 Å². The summed E-state index contributed by atoms with van der Waals surface area (Å²) in [6, 6.07) is 4.49. The third kappa shape index (κ3) is 2.68. The topological polar surface area (TPSA) is 98.7 Å². The highest BCUT2D eigenvalue weighted by molar-refractivity contribution is 6.01. The van der Waals surface area contributed by atoms with Crippen molar-refractivity contribution in [1.29, 1.82) is 0 Å². The van der Waals surface area contributed by atoms with Crippen LogP contribution in [0.25, 0.3) is 0 Å². The summed E-state index contributed by atoms with van der Waals surface area (Å²) in [5.41, 5.74) is 12.8. The predicted molar refractivity (Wildman–Crippen MR) is 70.4 cm³/mol. The molecule has 1 aliphatic rings. The van der Waals surface area contributed by atoms with Crippen molar-refractivity contribution in [3.63, 3.8) is 0 Å². The van der Waals surface area contributed by atoms with Crippen LogP contribution in [-0.4, -0.2) is 42.5 Å². The van der Waals surface area contributed by atoms with Crippen molar-refractivity contribution in [1.82, 2.24) is 4.90 Å². The number of benzene rings is 1. The van der Waals surface area contributed by atoms with Gasteiger partial charge in [-0.05, 0) is 19.1 Å². The highest BCUT2D eigenvalue weighted by Gasteiger charge is 2.32. The number of aryl methyl sites for hydroxylation is 1. The van der Waals surface area contributed by atoms with Gasteiger partial charge in [-0.1, -0.05) is 11.6 Å². The smallest absolute Gasteiger partial charge is 0.256 e. The third-order valence-corrected chi connectivity index (χ3v) is 3.16. The zero-order valence-corrected chi connectivity index (χ0v) is 10.8. The normalized spacial score (nSPS) is 19.2. The first-order chi connectivity index (χ1) is 9.00. The molecule has 0 saturated carbocycles. The monoisotopic (exact) mass is 263 g/mol. The summed E-state index contributed by atoms with van der Waals surface area (Å²) >= 11 is 0. The third-order valence-electron chi connectivity index (χ3n) is 3.16. The Morgan fingerprint density at radius 3 is 2.84 bits per heavy atom. The average Bonchev–Trinajstić information content (AvgIpc) is 2.40. The van der Waals surface area contributed by atoms with Crippen LogP contribution in [0.15, 0.2) is 18.2 Å². The van der Waals surface area contributed by atoms with E-state index in [0.717, 1.165) is 5.56 Å². The highest BCUT2D eigenvalue weighted by Crippen LogP contribution is 2.19. The van der Waals surface area contributed by atoms with Gasteiger partial charge in [0.25, 0.3) is 5.91 Å². The van der Waals surface area contributed by atoms with Gasteiger partial charge in [0.15, 0.2) is 0 Å². The van der Waals surface area contributed by atoms with Crippen molar-refractivity contribution < 1.29 is 14.3 Å². The van der Waals surface area contributed by atoms with E-state index in [1.807, 2.05) is 13.0 Å². The summed E-state index contributed by atoms with van der Waals surface area (Å²) in [7, 11) is 0. The van der Waals surface area contributed by atoms with Crippen molar-refractivity contribution in [2.75, 3.05) is 25.5 Å². The molecular formula is C13H17N3O3. The van der Waals surface area contributed by atoms with Crippen molar-refractivity contribution >= 4 is 17.5 Å². The zero-order chi connectivity index (χ0) is 14.0. The van der Waals surface area contributed by atoms with E-state index in [1.165, 1.54) is 4.90 Å². The highest BCUT2D eigenvalue weighted by atomic mass is 16.5. The number of primary amides is 1. The number of rotatable bonds is 2. The van der Waals surface area contributed by atoms with E-state index in [4.69, 9.17) is 16.2 Å². The Morgan fingerprint density at radius 2 is 2.16 bits per heavy atom. The van der Waals surface area contributed by atoms with Crippen molar-refractivity contribution in [3.05, 3.63) is 29.3 Å². The minimum atomic E-state index is -0.735. The largest absolute Gasteiger partial charge is 0.398 e. The molecule has 102 valence electrons. The minimum Gasteiger partial charge on any atom is -0.398 e. The molecule has 0 aliphatic carbocycles. The number of ether oxygens (including phenoxy) is 1. The molecule has 0 spiro atoms. The first-order valence-electron chi connectivity index (χ1n) is 6.05. The number of anilines is 1. The number of hydrogen-bond donors (Lipinski definition) is 2. The van der Waals surface area contributed by atoms with E-state index < -0.39 is 11.9 Å². The number of nitrogen functional groups attached to an aromatic ring is 1. The molecule has 19 heavy (non-hydrogen) atoms. The molecule has 1 aromatic carbocycles. The Hall–Kier alpha value is -2.08. The van der Waals surface area contributed by atoms with Crippen LogP contribution < -0.4 is 11.5 Å². The van der Waals surface area contributed by atoms with E-state index >= 15 is 0 Å². The van der Waals surface area contributed by atoms with Crippen LogP contribution >= 0.6 is 0 Å². The van der Waals surface area contributed by atoms with E-state index in [1.54, 1.807) is 12.1 Å². The number of hydrogen-bond acceptors (Lipinski definition) is 4. The zero-order valence-electron chi connectivity index (χ0n) is 10.8. The van der Waals surface area contributed by atoms with Crippen LogP contribution in [0.2, 0.25) is 0 Å². The average molecular weight is 263 g/mol. The fraction of sp³-hybridized carbons (Fsp3) is 0.385. The van der Waals surface area contributed by atoms with Gasteiger partial charge in [0.1, 0.15) is 6.04 Å². The van der Waals surface area contributed by atoms with Gasteiger partial charge in [0.2, 0.25) is 5.91 Å². The number of carbonyl (C=O) groups excluding carboxylic acids is 2. The van der Waals surface area contributed by atoms with Gasteiger partial charge in [-0.25, -0.2) is 0 Å². The van der Waals surface area contributed by atoms with Crippen LogP contribution in [0.5, 0.6) is 0 Å². The van der Waals surface area contributed by atoms with Crippen LogP contribution in [0.4, 0.5) is 5.69 Å². The number of nitrogens with zero attached hydrogens (tertiary/aromatic N) is 1. The quantitative estimate of drug-likeness (QED) is 0.728. The Balaban J connectivity index is 2.31. The molecule has 0 bridgehead atoms. The van der Waals surface area contributed by atoms with Crippen molar-refractivity contribution in [2.24, 2.45) is 5.73 Å². The first-order valence-corrected chi connectivity index (χ1v) is 6.05. The van der Waals surface area contributed by atoms with Crippen LogP contribution in [0.1, 0.15) is 15.9 Å². The number of carbonyl (C=O) groups is 2. The van der Waals surface area contributed by atoms with Crippen LogP contribution in [0.3, 0.4) is 0 Å². The van der Waals surface area contributed by atoms with E-state index in [-0.39, 0.29) is 12.5 Å². The second kappa shape index (κ2) is 5.27. The summed E-state index contributed by atoms with van der Waals surface area (Å²) in [5.74, 6) is -0.854. The lowest BCUT2D eigenvalue weighted by Gasteiger charge is -2.33. The Bertz CT molecular complexity index is 516. The second-order valence-electron chi connectivity index (χ2n) is 4.58. The molecule has 1 aliphatic heterocycles. The van der Waals surface area contributed by atoms with Gasteiger partial charge in [-0.2, -0.15) is 0 Å². The van der Waals surface area contributed by atoms with Gasteiger partial charge in [-0.15, -0.1) is 0 Å². The standard InChI is InChI=1S/C13H17N3O3/c1-8-2-3-10(14)9(6-8)13(18)16-4-5-19-7-11(16)12(15)17/h2-3,6,11H,4-5,7,14H2,1H3,(H2,15,17). The fourth-order valence-electron chi connectivity index (χ4n) is 2.09. The van der Waals surface area contributed by atoms with E-state index in [2.05, 4.69) is 0 Å². The maximum atomic E-state index is 12.5. The molecule has 6 heteroatoms. The molecule has 1 unspecified atom stereocenters. The minimum absolute atomic E-state index is 0.132. The summed E-state index contributed by atoms with van der Waals surface area (Å²) in [6.45, 7) is 2.73. The Morgan fingerprint density at radius 1 is 1.42 bits per heavy atom. The van der Waals surface area contributed by atoms with Crippen LogP contribution in [-0.2, 0) is 9.53 Å². The second-order valence-corrected chi connectivity index (χ2v) is 4.58. The summed E-state index contributed by atoms with van der Waals surface area (Å²) in [6.07, 6.45) is 0. The molecule has 1 aromatic rings. The number of nitrogens with two attached hydrogens (primary N) is 2. The van der Waals surface area contributed by atoms with Crippen molar-refractivity contribution in [3.8, 4) is 0 Å². The van der Waals surface area contributed by atoms with E-state index in [9.17, 15) is 9.59 Å². The first kappa shape index (κ1) is 13.4. The summed E-state index contributed by atoms with van der Waals surface area (Å²) in [5, 5.41) is 0. The molecular weight excluding hydrogens is 246 g/mol. The summed E-state index contributed by atoms with van der Waals surface area (Å²) in [4.78, 5) is 25.3. The fourth-order valence-corrected chi connectivity index (χ4v) is 2.09. The number of morpholine rings is 1. The molecule has 1 fully saturated rings. The van der Waals surface area contributed by atoms with Gasteiger partial charge in [0, 0.05) is 12.2 Å². The summed E-state index contributed by atoms with van der Waals surface area (Å²) < 4.78 is 5.19. The van der Waals surface area contributed by atoms with Gasteiger partial charge in [0.05, 0.1) is 18.8 Å². The van der Waals surface area contributed by atoms with Crippen LogP contribution in [0, 0.1) is 6.92 Å². The molecule has 0 aromatic heterocycles. The molecule has 0 radical (unpaired) electrons. The lowest BCUT2D eigenvalue weighted by atomic mass is 10.1. The predicted octanol–water partition coefficient (Wildman–Crippen LogP) is -0.0965. The molecule has 1 atom stereocenters.